The lowest BCUT2D eigenvalue weighted by molar-refractivity contribution is -0.385. The molecule has 6 nitrogen and oxygen atoms in total. The first-order chi connectivity index (χ1) is 9.45. The van der Waals surface area contributed by atoms with Crippen LogP contribution < -0.4 is 5.73 Å². The lowest BCUT2D eigenvalue weighted by Gasteiger charge is -2.03. The number of ether oxygens (including phenoxy) is 1. The summed E-state index contributed by atoms with van der Waals surface area (Å²) in [4.78, 5) is 22.6. The van der Waals surface area contributed by atoms with Crippen molar-refractivity contribution in [1.82, 2.24) is 0 Å². The summed E-state index contributed by atoms with van der Waals surface area (Å²) in [6.07, 6.45) is 0.467. The highest BCUT2D eigenvalue weighted by atomic mass is 35.5. The van der Waals surface area contributed by atoms with Gasteiger partial charge in [0.1, 0.15) is 0 Å². The van der Waals surface area contributed by atoms with Gasteiger partial charge in [-0.1, -0.05) is 23.7 Å². The highest BCUT2D eigenvalue weighted by Gasteiger charge is 2.33. The van der Waals surface area contributed by atoms with Gasteiger partial charge in [0.05, 0.1) is 10.5 Å². The number of carbonyl (C=O) groups is 1. The fraction of sp³-hybridized carbons (Fsp3) is 0.154. The average Bonchev–Trinajstić information content (AvgIpc) is 2.66. The Labute approximate surface area is 119 Å². The van der Waals surface area contributed by atoms with Gasteiger partial charge < -0.3 is 10.5 Å². The number of rotatable bonds is 3. The Kier molecular flexibility index (Phi) is 3.76. The van der Waals surface area contributed by atoms with Crippen molar-refractivity contribution in [1.29, 1.82) is 0 Å². The molecule has 0 radical (unpaired) electrons. The Morgan fingerprint density at radius 3 is 2.80 bits per heavy atom. The van der Waals surface area contributed by atoms with Crippen molar-refractivity contribution in [2.75, 3.05) is 0 Å². The molecule has 1 heterocycles. The van der Waals surface area contributed by atoms with Crippen molar-refractivity contribution < 1.29 is 14.5 Å². The van der Waals surface area contributed by atoms with E-state index >= 15 is 0 Å². The molecule has 0 spiro atoms. The predicted molar refractivity (Wildman–Crippen MR) is 73.8 cm³/mol. The molecule has 1 aromatic rings. The second-order valence-electron chi connectivity index (χ2n) is 4.22. The molecule has 0 aliphatic carbocycles. The second-order valence-corrected chi connectivity index (χ2v) is 4.47. The van der Waals surface area contributed by atoms with Gasteiger partial charge in [0.2, 0.25) is 5.78 Å². The van der Waals surface area contributed by atoms with Crippen LogP contribution in [0.5, 0.6) is 0 Å². The molecule has 104 valence electrons. The van der Waals surface area contributed by atoms with Crippen molar-refractivity contribution >= 4 is 28.6 Å². The van der Waals surface area contributed by atoms with Crippen LogP contribution in [0.3, 0.4) is 0 Å². The summed E-state index contributed by atoms with van der Waals surface area (Å²) in [7, 11) is 0. The number of nitro groups is 1. The number of halogens is 1. The Morgan fingerprint density at radius 2 is 2.20 bits per heavy atom. The first kappa shape index (κ1) is 14.1. The quantitative estimate of drug-likeness (QED) is 0.681. The molecule has 1 aliphatic rings. The number of hydrogen-bond acceptors (Lipinski definition) is 5. The van der Waals surface area contributed by atoms with Gasteiger partial charge in [0, 0.05) is 17.2 Å². The van der Waals surface area contributed by atoms with E-state index in [9.17, 15) is 14.9 Å². The smallest absolute Gasteiger partial charge is 0.272 e. The molecule has 2 N–H and O–H groups in total. The Morgan fingerprint density at radius 1 is 1.50 bits per heavy atom. The van der Waals surface area contributed by atoms with Gasteiger partial charge in [-0.05, 0) is 18.6 Å². The van der Waals surface area contributed by atoms with Gasteiger partial charge in [-0.25, -0.2) is 0 Å². The van der Waals surface area contributed by atoms with Crippen LogP contribution in [0.4, 0.5) is 5.69 Å². The zero-order valence-corrected chi connectivity index (χ0v) is 11.3. The zero-order valence-electron chi connectivity index (χ0n) is 10.5. The number of nitrogens with zero attached hydrogens (tertiary/aromatic N) is 1. The maximum absolute atomic E-state index is 12.1. The summed E-state index contributed by atoms with van der Waals surface area (Å²) >= 11 is 5.41. The third kappa shape index (κ3) is 2.37. The molecule has 0 amide bonds. The van der Waals surface area contributed by atoms with Crippen molar-refractivity contribution in [3.05, 3.63) is 56.9 Å². The SMILES string of the molecule is Cc1ccc(C2=C(N)OC(/C=C/Cl)C2=O)cc1[N+](=O)[O-]. The fourth-order valence-corrected chi connectivity index (χ4v) is 2.08. The normalized spacial score (nSPS) is 18.7. The van der Waals surface area contributed by atoms with E-state index in [0.29, 0.717) is 11.1 Å². The number of ketones is 1. The molecule has 2 rings (SSSR count). The summed E-state index contributed by atoms with van der Waals surface area (Å²) in [6, 6.07) is 4.47. The molecule has 0 fully saturated rings. The molecule has 1 aromatic carbocycles. The maximum atomic E-state index is 12.1. The summed E-state index contributed by atoms with van der Waals surface area (Å²) in [6.45, 7) is 1.62. The topological polar surface area (TPSA) is 95.5 Å². The summed E-state index contributed by atoms with van der Waals surface area (Å²) in [5.74, 6) is -0.439. The third-order valence-corrected chi connectivity index (χ3v) is 3.09. The molecule has 1 atom stereocenters. The number of nitrogens with two attached hydrogens (primary N) is 1. The Hall–Kier alpha value is -2.34. The minimum absolute atomic E-state index is 0.0621. The number of aryl methyl sites for hydroxylation is 1. The van der Waals surface area contributed by atoms with E-state index in [0.717, 1.165) is 5.54 Å². The minimum Gasteiger partial charge on any atom is -0.463 e. The monoisotopic (exact) mass is 294 g/mol. The van der Waals surface area contributed by atoms with Crippen LogP contribution in [0.25, 0.3) is 5.57 Å². The number of hydrogen-bond donors (Lipinski definition) is 1. The Bertz CT molecular complexity index is 652. The van der Waals surface area contributed by atoms with Gasteiger partial charge in [-0.3, -0.25) is 14.9 Å². The van der Waals surface area contributed by atoms with Gasteiger partial charge in [-0.2, -0.15) is 0 Å². The lowest BCUT2D eigenvalue weighted by atomic mass is 9.98. The third-order valence-electron chi connectivity index (χ3n) is 2.95. The van der Waals surface area contributed by atoms with Gasteiger partial charge in [0.25, 0.3) is 5.69 Å². The lowest BCUT2D eigenvalue weighted by Crippen LogP contribution is -2.15. The summed E-state index contributed by atoms with van der Waals surface area (Å²) in [5.41, 5.74) is 7.75. The molecule has 7 heteroatoms. The van der Waals surface area contributed by atoms with Crippen molar-refractivity contribution in [2.24, 2.45) is 5.73 Å². The van der Waals surface area contributed by atoms with Crippen LogP contribution in [0, 0.1) is 17.0 Å². The molecule has 0 aromatic heterocycles. The second kappa shape index (κ2) is 5.34. The number of carbonyl (C=O) groups excluding carboxylic acids is 1. The van der Waals surface area contributed by atoms with E-state index in [-0.39, 0.29) is 22.9 Å². The van der Waals surface area contributed by atoms with E-state index in [1.165, 1.54) is 12.1 Å². The average molecular weight is 295 g/mol. The van der Waals surface area contributed by atoms with E-state index in [1.807, 2.05) is 0 Å². The summed E-state index contributed by atoms with van der Waals surface area (Å²) in [5, 5.41) is 10.9. The molecular weight excluding hydrogens is 284 g/mol. The molecule has 0 saturated carbocycles. The van der Waals surface area contributed by atoms with Crippen LogP contribution in [0.1, 0.15) is 11.1 Å². The van der Waals surface area contributed by atoms with E-state index in [4.69, 9.17) is 22.1 Å². The molecule has 1 aliphatic heterocycles. The van der Waals surface area contributed by atoms with E-state index in [1.54, 1.807) is 19.1 Å². The van der Waals surface area contributed by atoms with Crippen LogP contribution in [-0.4, -0.2) is 16.8 Å². The highest BCUT2D eigenvalue weighted by Crippen LogP contribution is 2.31. The molecular formula is C13H11ClN2O4. The zero-order chi connectivity index (χ0) is 14.9. The van der Waals surface area contributed by atoms with Crippen molar-refractivity contribution in [3.63, 3.8) is 0 Å². The van der Waals surface area contributed by atoms with Gasteiger partial charge in [0.15, 0.2) is 12.0 Å². The van der Waals surface area contributed by atoms with Crippen molar-refractivity contribution in [2.45, 2.75) is 13.0 Å². The molecule has 1 unspecified atom stereocenters. The van der Waals surface area contributed by atoms with E-state index in [2.05, 4.69) is 0 Å². The number of nitro benzene ring substituents is 1. The first-order valence-corrected chi connectivity index (χ1v) is 6.12. The Balaban J connectivity index is 2.47. The van der Waals surface area contributed by atoms with Crippen LogP contribution in [0.2, 0.25) is 0 Å². The van der Waals surface area contributed by atoms with Gasteiger partial charge in [-0.15, -0.1) is 0 Å². The maximum Gasteiger partial charge on any atom is 0.272 e. The first-order valence-electron chi connectivity index (χ1n) is 5.68. The molecule has 0 saturated heterocycles. The van der Waals surface area contributed by atoms with Crippen LogP contribution in [0.15, 0.2) is 35.7 Å². The largest absolute Gasteiger partial charge is 0.463 e. The predicted octanol–water partition coefficient (Wildman–Crippen LogP) is 2.25. The molecule has 0 bridgehead atoms. The standard InChI is InChI=1S/C13H11ClN2O4/c1-7-2-3-8(6-9(7)16(18)19)11-12(17)10(4-5-14)20-13(11)15/h2-6,10H,15H2,1H3/b5-4+. The van der Waals surface area contributed by atoms with E-state index < -0.39 is 11.0 Å². The van der Waals surface area contributed by atoms with Gasteiger partial charge >= 0.3 is 0 Å². The van der Waals surface area contributed by atoms with Crippen molar-refractivity contribution in [3.8, 4) is 0 Å². The molecule has 20 heavy (non-hydrogen) atoms. The number of benzene rings is 1. The number of Topliss-reactive ketones (excluding diaryl/α,β-unsaturated/α-hetero) is 1. The highest BCUT2D eigenvalue weighted by molar-refractivity contribution is 6.28. The van der Waals surface area contributed by atoms with Crippen LogP contribution in [-0.2, 0) is 9.53 Å². The fourth-order valence-electron chi connectivity index (χ4n) is 1.95. The van der Waals surface area contributed by atoms with Crippen LogP contribution >= 0.6 is 11.6 Å². The summed E-state index contributed by atoms with van der Waals surface area (Å²) < 4.78 is 5.18. The minimum atomic E-state index is -0.886.